The number of hydrogen-bond donors (Lipinski definition) is 0. The number of aryl methyl sites for hydroxylation is 10. The lowest BCUT2D eigenvalue weighted by molar-refractivity contribution is 1.15. The van der Waals surface area contributed by atoms with E-state index in [2.05, 4.69) is 112 Å². The van der Waals surface area contributed by atoms with E-state index in [9.17, 15) is 0 Å². The molecule has 0 radical (unpaired) electrons. The Morgan fingerprint density at radius 1 is 0.280 bits per heavy atom. The van der Waals surface area contributed by atoms with Gasteiger partial charge in [0.25, 0.3) is 0 Å². The average molecular weight is 685 g/mol. The lowest BCUT2D eigenvalue weighted by Gasteiger charge is -1.93. The van der Waals surface area contributed by atoms with Crippen molar-refractivity contribution in [3.63, 3.8) is 0 Å². The van der Waals surface area contributed by atoms with Crippen LogP contribution in [0.25, 0.3) is 0 Å². The molecule has 50 heavy (non-hydrogen) atoms. The predicted octanol–water partition coefficient (Wildman–Crippen LogP) is 14.2. The molecule has 4 nitrogen and oxygen atoms in total. The molecule has 4 heterocycles. The molecule has 0 fully saturated rings. The number of hydrogen-bond acceptors (Lipinski definition) is 4. The standard InChI is InChI=1S/C8H10.4C7H9N.5C2H6/c1-7-5-3-4-6-8(7)2;2*1-6-3-4-8-5-7(6)2;2*1-6-4-3-5-8-7(6)2;5*1-2/h3-6H,1-2H3;4*3-5H,1-2H3;5*1-2H3. The first-order chi connectivity index (χ1) is 24.0. The van der Waals surface area contributed by atoms with E-state index in [0.29, 0.717) is 0 Å². The van der Waals surface area contributed by atoms with Crippen molar-refractivity contribution >= 4 is 0 Å². The van der Waals surface area contributed by atoms with Crippen LogP contribution in [-0.4, -0.2) is 19.9 Å². The van der Waals surface area contributed by atoms with E-state index in [1.54, 1.807) is 0 Å². The smallest absolute Gasteiger partial charge is 0.0401 e. The second-order valence-corrected chi connectivity index (χ2v) is 9.82. The van der Waals surface area contributed by atoms with Gasteiger partial charge in [0.05, 0.1) is 0 Å². The van der Waals surface area contributed by atoms with Crippen molar-refractivity contribution < 1.29 is 0 Å². The minimum atomic E-state index is 1.12. The first-order valence-corrected chi connectivity index (χ1v) is 18.6. The summed E-state index contributed by atoms with van der Waals surface area (Å²) >= 11 is 0. The summed E-state index contributed by atoms with van der Waals surface area (Å²) in [6.45, 7) is 40.7. The highest BCUT2D eigenvalue weighted by atomic mass is 14.7. The van der Waals surface area contributed by atoms with Crippen molar-refractivity contribution in [2.45, 2.75) is 138 Å². The van der Waals surface area contributed by atoms with Gasteiger partial charge in [-0.25, -0.2) is 0 Å². The second kappa shape index (κ2) is 41.0. The topological polar surface area (TPSA) is 51.6 Å². The van der Waals surface area contributed by atoms with E-state index >= 15 is 0 Å². The zero-order chi connectivity index (χ0) is 39.9. The van der Waals surface area contributed by atoms with Gasteiger partial charge in [-0.15, -0.1) is 0 Å². The zero-order valence-corrected chi connectivity index (χ0v) is 36.0. The average Bonchev–Trinajstić information content (AvgIpc) is 3.16. The normalized spacial score (nSPS) is 8.00. The fourth-order valence-electron chi connectivity index (χ4n) is 2.88. The summed E-state index contributed by atoms with van der Waals surface area (Å²) < 4.78 is 0. The monoisotopic (exact) mass is 685 g/mol. The Kier molecular flexibility index (Phi) is 45.3. The maximum Gasteiger partial charge on any atom is 0.0401 e. The van der Waals surface area contributed by atoms with Gasteiger partial charge in [-0.3, -0.25) is 19.9 Å². The van der Waals surface area contributed by atoms with E-state index in [4.69, 9.17) is 0 Å². The molecule has 0 atom stereocenters. The molecule has 0 saturated heterocycles. The van der Waals surface area contributed by atoms with Gasteiger partial charge in [0, 0.05) is 48.6 Å². The SMILES string of the molecule is CC.CC.CC.CC.CC.Cc1ccccc1C.Cc1cccnc1C.Cc1cccnc1C.Cc1ccncc1C.Cc1ccncc1C. The van der Waals surface area contributed by atoms with Crippen LogP contribution in [0.3, 0.4) is 0 Å². The number of benzene rings is 1. The summed E-state index contributed by atoms with van der Waals surface area (Å²) in [5, 5.41) is 0. The quantitative estimate of drug-likeness (QED) is 0.163. The molecule has 0 N–H and O–H groups in total. The molecule has 4 aromatic heterocycles. The van der Waals surface area contributed by atoms with Gasteiger partial charge in [-0.05, 0) is 138 Å². The molecular formula is C46H76N4. The van der Waals surface area contributed by atoms with Crippen molar-refractivity contribution in [2.24, 2.45) is 0 Å². The highest BCUT2D eigenvalue weighted by Gasteiger charge is 1.88. The van der Waals surface area contributed by atoms with Crippen molar-refractivity contribution in [3.05, 3.63) is 154 Å². The minimum absolute atomic E-state index is 1.12. The molecule has 0 amide bonds. The fraction of sp³-hybridized carbons (Fsp3) is 0.435. The molecule has 0 spiro atoms. The van der Waals surface area contributed by atoms with Gasteiger partial charge in [-0.1, -0.05) is 106 Å². The van der Waals surface area contributed by atoms with Gasteiger partial charge in [-0.2, -0.15) is 0 Å². The Morgan fingerprint density at radius 3 is 0.700 bits per heavy atom. The molecule has 5 rings (SSSR count). The molecule has 4 heteroatoms. The number of pyridine rings is 4. The zero-order valence-electron chi connectivity index (χ0n) is 36.0. The maximum atomic E-state index is 4.08. The number of rotatable bonds is 0. The lowest BCUT2D eigenvalue weighted by atomic mass is 10.1. The molecule has 0 bridgehead atoms. The van der Waals surface area contributed by atoms with Gasteiger partial charge >= 0.3 is 0 Å². The summed E-state index contributed by atoms with van der Waals surface area (Å²) in [5.41, 5.74) is 12.6. The van der Waals surface area contributed by atoms with Crippen LogP contribution in [0.5, 0.6) is 0 Å². The summed E-state index contributed by atoms with van der Waals surface area (Å²) in [6.07, 6.45) is 11.0. The summed E-state index contributed by atoms with van der Waals surface area (Å²) in [5.74, 6) is 0. The Hall–Kier alpha value is -4.18. The van der Waals surface area contributed by atoms with Crippen molar-refractivity contribution in [1.82, 2.24) is 19.9 Å². The van der Waals surface area contributed by atoms with Crippen LogP contribution in [0.15, 0.2) is 97.8 Å². The molecule has 0 saturated carbocycles. The highest BCUT2D eigenvalue weighted by molar-refractivity contribution is 5.23. The van der Waals surface area contributed by atoms with E-state index in [-0.39, 0.29) is 0 Å². The molecule has 0 aliphatic heterocycles. The molecule has 0 aliphatic carbocycles. The van der Waals surface area contributed by atoms with E-state index in [1.165, 1.54) is 44.5 Å². The molecule has 0 aliphatic rings. The molecule has 0 unspecified atom stereocenters. The van der Waals surface area contributed by atoms with Crippen LogP contribution in [0.4, 0.5) is 0 Å². The van der Waals surface area contributed by atoms with Crippen LogP contribution >= 0.6 is 0 Å². The third-order valence-corrected chi connectivity index (χ3v) is 6.57. The lowest BCUT2D eigenvalue weighted by Crippen LogP contribution is -1.81. The van der Waals surface area contributed by atoms with Gasteiger partial charge < -0.3 is 0 Å². The van der Waals surface area contributed by atoms with Crippen LogP contribution in [0.2, 0.25) is 0 Å². The van der Waals surface area contributed by atoms with Gasteiger partial charge in [0.15, 0.2) is 0 Å². The Bertz CT molecular complexity index is 1050. The van der Waals surface area contributed by atoms with E-state index in [1.807, 2.05) is 145 Å². The van der Waals surface area contributed by atoms with E-state index in [0.717, 1.165) is 11.4 Å². The van der Waals surface area contributed by atoms with Crippen LogP contribution in [0, 0.1) is 69.2 Å². The predicted molar refractivity (Wildman–Crippen MR) is 227 cm³/mol. The van der Waals surface area contributed by atoms with Gasteiger partial charge in [0.2, 0.25) is 0 Å². The van der Waals surface area contributed by atoms with Crippen molar-refractivity contribution in [1.29, 1.82) is 0 Å². The Balaban J connectivity index is -0.000000158. The molecular weight excluding hydrogens is 609 g/mol. The van der Waals surface area contributed by atoms with Crippen molar-refractivity contribution in [3.8, 4) is 0 Å². The molecule has 5 aromatic rings. The van der Waals surface area contributed by atoms with Crippen LogP contribution in [-0.2, 0) is 0 Å². The Labute approximate surface area is 311 Å². The first kappa shape index (κ1) is 55.2. The van der Waals surface area contributed by atoms with E-state index < -0.39 is 0 Å². The van der Waals surface area contributed by atoms with Crippen molar-refractivity contribution in [2.75, 3.05) is 0 Å². The summed E-state index contributed by atoms with van der Waals surface area (Å²) in [6, 6.07) is 20.4. The highest BCUT2D eigenvalue weighted by Crippen LogP contribution is 2.03. The molecule has 280 valence electrons. The maximum absolute atomic E-state index is 4.08. The first-order valence-electron chi connectivity index (χ1n) is 18.6. The Morgan fingerprint density at radius 2 is 0.540 bits per heavy atom. The number of nitrogens with zero attached hydrogens (tertiary/aromatic N) is 4. The third kappa shape index (κ3) is 31.1. The minimum Gasteiger partial charge on any atom is -0.264 e. The number of aromatic nitrogens is 4. The third-order valence-electron chi connectivity index (χ3n) is 6.57. The fourth-order valence-corrected chi connectivity index (χ4v) is 2.88. The second-order valence-electron chi connectivity index (χ2n) is 9.82. The van der Waals surface area contributed by atoms with Crippen LogP contribution in [0.1, 0.15) is 125 Å². The largest absolute Gasteiger partial charge is 0.264 e. The van der Waals surface area contributed by atoms with Crippen LogP contribution < -0.4 is 0 Å². The van der Waals surface area contributed by atoms with Gasteiger partial charge in [0.1, 0.15) is 0 Å². The summed E-state index contributed by atoms with van der Waals surface area (Å²) in [4.78, 5) is 16.0. The molecule has 1 aromatic carbocycles. The summed E-state index contributed by atoms with van der Waals surface area (Å²) in [7, 11) is 0.